The van der Waals surface area contributed by atoms with Crippen molar-refractivity contribution in [2.45, 2.75) is 19.8 Å². The molecule has 86 valence electrons. The van der Waals surface area contributed by atoms with E-state index >= 15 is 0 Å². The Balaban J connectivity index is 1.96. The molecule has 0 bridgehead atoms. The first kappa shape index (κ1) is 11.1. The number of nitrogens with one attached hydrogen (secondary N) is 2. The zero-order chi connectivity index (χ0) is 11.4. The summed E-state index contributed by atoms with van der Waals surface area (Å²) in [6, 6.07) is 5.63. The first-order valence-corrected chi connectivity index (χ1v) is 5.71. The number of piperidine rings is 1. The van der Waals surface area contributed by atoms with Gasteiger partial charge in [-0.2, -0.15) is 0 Å². The van der Waals surface area contributed by atoms with Gasteiger partial charge in [-0.15, -0.1) is 0 Å². The van der Waals surface area contributed by atoms with Gasteiger partial charge < -0.3 is 10.6 Å². The number of pyridine rings is 1. The third-order valence-electron chi connectivity index (χ3n) is 2.81. The number of hydrogen-bond donors (Lipinski definition) is 2. The molecular weight excluding hydrogens is 202 g/mol. The van der Waals surface area contributed by atoms with E-state index in [1.54, 1.807) is 0 Å². The number of aromatic nitrogens is 1. The fraction of sp³-hybridized carbons (Fsp3) is 0.500. The van der Waals surface area contributed by atoms with Gasteiger partial charge in [0.1, 0.15) is 5.82 Å². The van der Waals surface area contributed by atoms with E-state index < -0.39 is 0 Å². The number of rotatable bonds is 2. The lowest BCUT2D eigenvalue weighted by molar-refractivity contribution is -0.120. The highest BCUT2D eigenvalue weighted by Gasteiger charge is 2.20. The van der Waals surface area contributed by atoms with Crippen LogP contribution >= 0.6 is 0 Å². The second-order valence-corrected chi connectivity index (χ2v) is 4.20. The molecule has 0 radical (unpaired) electrons. The van der Waals surface area contributed by atoms with E-state index in [1.807, 2.05) is 25.1 Å². The van der Waals surface area contributed by atoms with Gasteiger partial charge in [0.05, 0.1) is 5.92 Å². The largest absolute Gasteiger partial charge is 0.316 e. The second kappa shape index (κ2) is 5.07. The summed E-state index contributed by atoms with van der Waals surface area (Å²) in [7, 11) is 0. The molecule has 1 saturated heterocycles. The van der Waals surface area contributed by atoms with Crippen LogP contribution in [0.3, 0.4) is 0 Å². The highest BCUT2D eigenvalue weighted by atomic mass is 16.2. The van der Waals surface area contributed by atoms with E-state index in [4.69, 9.17) is 0 Å². The number of nitrogens with zero attached hydrogens (tertiary/aromatic N) is 1. The predicted octanol–water partition coefficient (Wildman–Crippen LogP) is 1.33. The maximum absolute atomic E-state index is 11.9. The zero-order valence-corrected chi connectivity index (χ0v) is 9.49. The Morgan fingerprint density at radius 1 is 1.56 bits per heavy atom. The number of carbonyl (C=O) groups excluding carboxylic acids is 1. The summed E-state index contributed by atoms with van der Waals surface area (Å²) in [5, 5.41) is 6.09. The minimum atomic E-state index is 0.0744. The van der Waals surface area contributed by atoms with E-state index in [9.17, 15) is 4.79 Å². The number of anilines is 1. The average Bonchev–Trinajstić information content (AvgIpc) is 2.30. The van der Waals surface area contributed by atoms with Gasteiger partial charge in [0.15, 0.2) is 0 Å². The van der Waals surface area contributed by atoms with E-state index in [-0.39, 0.29) is 11.8 Å². The summed E-state index contributed by atoms with van der Waals surface area (Å²) in [5.74, 6) is 0.803. The Labute approximate surface area is 95.5 Å². The molecular formula is C12H17N3O. The minimum Gasteiger partial charge on any atom is -0.316 e. The first-order valence-electron chi connectivity index (χ1n) is 5.71. The lowest BCUT2D eigenvalue weighted by Crippen LogP contribution is -2.37. The van der Waals surface area contributed by atoms with Crippen molar-refractivity contribution in [2.75, 3.05) is 18.4 Å². The van der Waals surface area contributed by atoms with Crippen molar-refractivity contribution in [3.63, 3.8) is 0 Å². The van der Waals surface area contributed by atoms with Crippen LogP contribution in [0.2, 0.25) is 0 Å². The number of carbonyl (C=O) groups is 1. The quantitative estimate of drug-likeness (QED) is 0.789. The van der Waals surface area contributed by atoms with Gasteiger partial charge >= 0.3 is 0 Å². The number of amides is 1. The summed E-state index contributed by atoms with van der Waals surface area (Å²) in [4.78, 5) is 16.1. The second-order valence-electron chi connectivity index (χ2n) is 4.20. The summed E-state index contributed by atoms with van der Waals surface area (Å²) >= 11 is 0. The molecule has 0 aliphatic carbocycles. The van der Waals surface area contributed by atoms with E-state index in [1.165, 1.54) is 0 Å². The monoisotopic (exact) mass is 219 g/mol. The predicted molar refractivity (Wildman–Crippen MR) is 63.2 cm³/mol. The van der Waals surface area contributed by atoms with Crippen LogP contribution < -0.4 is 10.6 Å². The molecule has 2 N–H and O–H groups in total. The van der Waals surface area contributed by atoms with E-state index in [0.29, 0.717) is 5.82 Å². The van der Waals surface area contributed by atoms with E-state index in [0.717, 1.165) is 31.6 Å². The number of hydrogen-bond acceptors (Lipinski definition) is 3. The highest BCUT2D eigenvalue weighted by molar-refractivity contribution is 5.91. The Kier molecular flexibility index (Phi) is 3.51. The Hall–Kier alpha value is -1.42. The zero-order valence-electron chi connectivity index (χ0n) is 9.49. The molecule has 1 amide bonds. The van der Waals surface area contributed by atoms with Crippen molar-refractivity contribution in [3.05, 3.63) is 23.9 Å². The van der Waals surface area contributed by atoms with Crippen LogP contribution in [0.25, 0.3) is 0 Å². The normalized spacial score (nSPS) is 20.4. The van der Waals surface area contributed by atoms with Gasteiger partial charge in [0.2, 0.25) is 5.91 Å². The highest BCUT2D eigenvalue weighted by Crippen LogP contribution is 2.13. The number of aryl methyl sites for hydroxylation is 1. The molecule has 1 aliphatic heterocycles. The molecule has 1 atom stereocenters. The standard InChI is InChI=1S/C12H17N3O/c1-9-4-2-6-11(14-9)15-12(16)10-5-3-7-13-8-10/h2,4,6,10,13H,3,5,7-8H2,1H3,(H,14,15,16)/t10-/m1/s1. The van der Waals surface area contributed by atoms with Gasteiger partial charge in [-0.1, -0.05) is 6.07 Å². The summed E-state index contributed by atoms with van der Waals surface area (Å²) in [5.41, 5.74) is 0.916. The van der Waals surface area contributed by atoms with Crippen LogP contribution in [0.4, 0.5) is 5.82 Å². The smallest absolute Gasteiger partial charge is 0.229 e. The average molecular weight is 219 g/mol. The van der Waals surface area contributed by atoms with Crippen molar-refractivity contribution in [1.82, 2.24) is 10.3 Å². The molecule has 0 saturated carbocycles. The maximum Gasteiger partial charge on any atom is 0.229 e. The third kappa shape index (κ3) is 2.79. The van der Waals surface area contributed by atoms with Crippen LogP contribution in [0.5, 0.6) is 0 Å². The molecule has 16 heavy (non-hydrogen) atoms. The van der Waals surface area contributed by atoms with Crippen molar-refractivity contribution >= 4 is 11.7 Å². The van der Waals surface area contributed by atoms with Gasteiger partial charge in [-0.05, 0) is 38.4 Å². The Morgan fingerprint density at radius 2 is 2.44 bits per heavy atom. The minimum absolute atomic E-state index is 0.0744. The summed E-state index contributed by atoms with van der Waals surface area (Å²) < 4.78 is 0. The molecule has 2 heterocycles. The molecule has 1 fully saturated rings. The lowest BCUT2D eigenvalue weighted by atomic mass is 9.99. The van der Waals surface area contributed by atoms with Crippen LogP contribution in [-0.4, -0.2) is 24.0 Å². The molecule has 0 spiro atoms. The van der Waals surface area contributed by atoms with E-state index in [2.05, 4.69) is 15.6 Å². The molecule has 1 aromatic heterocycles. The first-order chi connectivity index (χ1) is 7.75. The fourth-order valence-corrected chi connectivity index (χ4v) is 1.92. The van der Waals surface area contributed by atoms with Crippen LogP contribution in [0.15, 0.2) is 18.2 Å². The fourth-order valence-electron chi connectivity index (χ4n) is 1.92. The Morgan fingerprint density at radius 3 is 3.12 bits per heavy atom. The SMILES string of the molecule is Cc1cccc(NC(=O)[C@@H]2CCCNC2)n1. The van der Waals surface area contributed by atoms with Gasteiger partial charge in [-0.25, -0.2) is 4.98 Å². The summed E-state index contributed by atoms with van der Waals surface area (Å²) in [6.07, 6.45) is 2.03. The molecule has 4 nitrogen and oxygen atoms in total. The van der Waals surface area contributed by atoms with Crippen molar-refractivity contribution in [2.24, 2.45) is 5.92 Å². The molecule has 2 rings (SSSR count). The van der Waals surface area contributed by atoms with Crippen LogP contribution in [0, 0.1) is 12.8 Å². The third-order valence-corrected chi connectivity index (χ3v) is 2.81. The topological polar surface area (TPSA) is 54.0 Å². The maximum atomic E-state index is 11.9. The van der Waals surface area contributed by atoms with Crippen molar-refractivity contribution in [3.8, 4) is 0 Å². The molecule has 1 aromatic rings. The molecule has 0 unspecified atom stereocenters. The molecule has 4 heteroatoms. The molecule has 1 aliphatic rings. The van der Waals surface area contributed by atoms with Crippen LogP contribution in [-0.2, 0) is 4.79 Å². The Bertz CT molecular complexity index is 372. The van der Waals surface area contributed by atoms with Gasteiger partial charge in [-0.3, -0.25) is 4.79 Å². The lowest BCUT2D eigenvalue weighted by Gasteiger charge is -2.21. The van der Waals surface area contributed by atoms with Crippen LogP contribution in [0.1, 0.15) is 18.5 Å². The molecule has 0 aromatic carbocycles. The summed E-state index contributed by atoms with van der Waals surface area (Å²) in [6.45, 7) is 3.71. The van der Waals surface area contributed by atoms with Gasteiger partial charge in [0.25, 0.3) is 0 Å². The van der Waals surface area contributed by atoms with Crippen molar-refractivity contribution < 1.29 is 4.79 Å². The van der Waals surface area contributed by atoms with Gasteiger partial charge in [0, 0.05) is 12.2 Å². The van der Waals surface area contributed by atoms with Crippen molar-refractivity contribution in [1.29, 1.82) is 0 Å².